The van der Waals surface area contributed by atoms with Crippen LogP contribution in [0.2, 0.25) is 0 Å². The van der Waals surface area contributed by atoms with Crippen molar-refractivity contribution in [2.75, 3.05) is 54.5 Å². The third kappa shape index (κ3) is 4.69. The summed E-state index contributed by atoms with van der Waals surface area (Å²) in [6, 6.07) is 10.8. The molecule has 3 heterocycles. The van der Waals surface area contributed by atoms with Gasteiger partial charge in [-0.1, -0.05) is 19.1 Å². The zero-order valence-corrected chi connectivity index (χ0v) is 16.1. The Morgan fingerprint density at radius 2 is 1.89 bits per heavy atom. The number of rotatable bonds is 5. The Morgan fingerprint density at radius 3 is 2.67 bits per heavy atom. The molecule has 2 saturated heterocycles. The van der Waals surface area contributed by atoms with Crippen LogP contribution >= 0.6 is 0 Å². The molecule has 0 saturated carbocycles. The second kappa shape index (κ2) is 8.57. The predicted molar refractivity (Wildman–Crippen MR) is 109 cm³/mol. The van der Waals surface area contributed by atoms with E-state index in [1.54, 1.807) is 6.33 Å². The first-order chi connectivity index (χ1) is 13.3. The van der Waals surface area contributed by atoms with Crippen molar-refractivity contribution < 1.29 is 4.74 Å². The molecule has 6 heteroatoms. The molecule has 1 aromatic heterocycles. The molecular weight excluding hydrogens is 338 g/mol. The first-order valence-corrected chi connectivity index (χ1v) is 10.0. The van der Waals surface area contributed by atoms with E-state index in [0.717, 1.165) is 63.5 Å². The average Bonchev–Trinajstić information content (AvgIpc) is 2.73. The molecule has 4 rings (SSSR count). The lowest BCUT2D eigenvalue weighted by molar-refractivity contribution is 0.122. The van der Waals surface area contributed by atoms with Gasteiger partial charge in [0.2, 0.25) is 0 Å². The quantitative estimate of drug-likeness (QED) is 0.876. The molecule has 1 aromatic carbocycles. The van der Waals surface area contributed by atoms with Gasteiger partial charge in [0, 0.05) is 44.5 Å². The third-order valence-corrected chi connectivity index (χ3v) is 5.42. The summed E-state index contributed by atoms with van der Waals surface area (Å²) in [5.41, 5.74) is 2.52. The van der Waals surface area contributed by atoms with Gasteiger partial charge in [-0.05, 0) is 36.5 Å². The summed E-state index contributed by atoms with van der Waals surface area (Å²) in [7, 11) is 0. The van der Waals surface area contributed by atoms with Crippen molar-refractivity contribution in [2.45, 2.75) is 26.3 Å². The molecule has 6 nitrogen and oxygen atoms in total. The fraction of sp³-hybridized carbons (Fsp3) is 0.524. The molecule has 1 unspecified atom stereocenters. The molecule has 0 radical (unpaired) electrons. The Labute approximate surface area is 161 Å². The highest BCUT2D eigenvalue weighted by Gasteiger charge is 2.18. The van der Waals surface area contributed by atoms with Crippen molar-refractivity contribution >= 4 is 17.3 Å². The molecule has 1 N–H and O–H groups in total. The number of hydrogen-bond donors (Lipinski definition) is 1. The maximum atomic E-state index is 5.42. The van der Waals surface area contributed by atoms with Gasteiger partial charge in [-0.3, -0.25) is 0 Å². The van der Waals surface area contributed by atoms with Gasteiger partial charge in [-0.15, -0.1) is 0 Å². The molecule has 1 atom stereocenters. The summed E-state index contributed by atoms with van der Waals surface area (Å²) in [6.07, 6.45) is 4.22. The summed E-state index contributed by atoms with van der Waals surface area (Å²) < 4.78 is 5.42. The van der Waals surface area contributed by atoms with Crippen LogP contribution in [0.4, 0.5) is 17.3 Å². The summed E-state index contributed by atoms with van der Waals surface area (Å²) in [4.78, 5) is 13.6. The SMILES string of the molecule is CC1CCCN(c2cc(NCc3ccc(N4CCOCC4)cc3)ncn2)C1. The second-order valence-corrected chi connectivity index (χ2v) is 7.57. The predicted octanol–water partition coefficient (Wildman–Crippen LogP) is 3.16. The standard InChI is InChI=1S/C21H29N5O/c1-17-3-2-8-26(15-17)21-13-20(23-16-24-21)22-14-18-4-6-19(7-5-18)25-9-11-27-12-10-25/h4-7,13,16-17H,2-3,8-12,14-15H2,1H3,(H,22,23,24). The fourth-order valence-corrected chi connectivity index (χ4v) is 3.85. The Morgan fingerprint density at radius 1 is 1.07 bits per heavy atom. The molecule has 0 spiro atoms. The van der Waals surface area contributed by atoms with Gasteiger partial charge in [-0.2, -0.15) is 0 Å². The zero-order valence-electron chi connectivity index (χ0n) is 16.1. The lowest BCUT2D eigenvalue weighted by Crippen LogP contribution is -2.36. The van der Waals surface area contributed by atoms with Crippen LogP contribution < -0.4 is 15.1 Å². The van der Waals surface area contributed by atoms with Crippen LogP contribution in [0.1, 0.15) is 25.3 Å². The molecule has 27 heavy (non-hydrogen) atoms. The third-order valence-electron chi connectivity index (χ3n) is 5.42. The van der Waals surface area contributed by atoms with Crippen molar-refractivity contribution in [3.8, 4) is 0 Å². The van der Waals surface area contributed by atoms with Gasteiger partial charge in [0.05, 0.1) is 13.2 Å². The van der Waals surface area contributed by atoms with Crippen molar-refractivity contribution in [3.63, 3.8) is 0 Å². The molecule has 2 fully saturated rings. The van der Waals surface area contributed by atoms with Crippen molar-refractivity contribution in [1.82, 2.24) is 9.97 Å². The Bertz CT molecular complexity index is 730. The second-order valence-electron chi connectivity index (χ2n) is 7.57. The normalized spacial score (nSPS) is 20.6. The molecule has 2 aliphatic rings. The van der Waals surface area contributed by atoms with Gasteiger partial charge in [0.15, 0.2) is 0 Å². The van der Waals surface area contributed by atoms with Crippen LogP contribution in [0.3, 0.4) is 0 Å². The van der Waals surface area contributed by atoms with E-state index in [2.05, 4.69) is 62.3 Å². The molecular formula is C21H29N5O. The number of benzene rings is 1. The highest BCUT2D eigenvalue weighted by molar-refractivity contribution is 5.50. The van der Waals surface area contributed by atoms with E-state index in [1.165, 1.54) is 24.1 Å². The van der Waals surface area contributed by atoms with Crippen LogP contribution in [0.15, 0.2) is 36.7 Å². The largest absolute Gasteiger partial charge is 0.378 e. The zero-order chi connectivity index (χ0) is 18.5. The van der Waals surface area contributed by atoms with Crippen LogP contribution in [0, 0.1) is 5.92 Å². The topological polar surface area (TPSA) is 53.5 Å². The number of nitrogens with one attached hydrogen (secondary N) is 1. The Hall–Kier alpha value is -2.34. The molecule has 0 amide bonds. The van der Waals surface area contributed by atoms with Crippen molar-refractivity contribution in [3.05, 3.63) is 42.2 Å². The number of morpholine rings is 1. The number of nitrogens with zero attached hydrogens (tertiary/aromatic N) is 4. The number of ether oxygens (including phenoxy) is 1. The summed E-state index contributed by atoms with van der Waals surface area (Å²) in [6.45, 7) is 8.81. The maximum absolute atomic E-state index is 5.42. The number of anilines is 3. The first kappa shape index (κ1) is 18.0. The van der Waals surface area contributed by atoms with Gasteiger partial charge < -0.3 is 19.9 Å². The molecule has 2 aromatic rings. The van der Waals surface area contributed by atoms with Gasteiger partial charge in [0.1, 0.15) is 18.0 Å². The summed E-state index contributed by atoms with van der Waals surface area (Å²) in [5.74, 6) is 2.65. The van der Waals surface area contributed by atoms with Crippen LogP contribution in [0.25, 0.3) is 0 Å². The van der Waals surface area contributed by atoms with Crippen LogP contribution in [0.5, 0.6) is 0 Å². The van der Waals surface area contributed by atoms with Crippen LogP contribution in [-0.4, -0.2) is 49.4 Å². The lowest BCUT2D eigenvalue weighted by atomic mass is 10.0. The van der Waals surface area contributed by atoms with Crippen molar-refractivity contribution in [1.29, 1.82) is 0 Å². The van der Waals surface area contributed by atoms with Gasteiger partial charge in [0.25, 0.3) is 0 Å². The average molecular weight is 367 g/mol. The molecule has 0 bridgehead atoms. The van der Waals surface area contributed by atoms with E-state index < -0.39 is 0 Å². The highest BCUT2D eigenvalue weighted by Crippen LogP contribution is 2.23. The van der Waals surface area contributed by atoms with E-state index in [9.17, 15) is 0 Å². The van der Waals surface area contributed by atoms with E-state index >= 15 is 0 Å². The fourth-order valence-electron chi connectivity index (χ4n) is 3.85. The minimum absolute atomic E-state index is 0.732. The molecule has 2 aliphatic heterocycles. The smallest absolute Gasteiger partial charge is 0.134 e. The van der Waals surface area contributed by atoms with Crippen LogP contribution in [-0.2, 0) is 11.3 Å². The van der Waals surface area contributed by atoms with E-state index in [-0.39, 0.29) is 0 Å². The summed E-state index contributed by atoms with van der Waals surface area (Å²) >= 11 is 0. The van der Waals surface area contributed by atoms with E-state index in [0.29, 0.717) is 0 Å². The van der Waals surface area contributed by atoms with E-state index in [1.807, 2.05) is 0 Å². The summed E-state index contributed by atoms with van der Waals surface area (Å²) in [5, 5.41) is 3.44. The highest BCUT2D eigenvalue weighted by atomic mass is 16.5. The molecule has 144 valence electrons. The molecule has 0 aliphatic carbocycles. The number of aromatic nitrogens is 2. The first-order valence-electron chi connectivity index (χ1n) is 10.0. The Kier molecular flexibility index (Phi) is 5.72. The minimum Gasteiger partial charge on any atom is -0.378 e. The number of hydrogen-bond acceptors (Lipinski definition) is 6. The Balaban J connectivity index is 1.35. The van der Waals surface area contributed by atoms with Gasteiger partial charge in [-0.25, -0.2) is 9.97 Å². The monoisotopic (exact) mass is 367 g/mol. The number of piperidine rings is 1. The minimum atomic E-state index is 0.732. The van der Waals surface area contributed by atoms with E-state index in [4.69, 9.17) is 4.74 Å². The lowest BCUT2D eigenvalue weighted by Gasteiger charge is -2.31. The maximum Gasteiger partial charge on any atom is 0.134 e. The van der Waals surface area contributed by atoms with Gasteiger partial charge >= 0.3 is 0 Å². The van der Waals surface area contributed by atoms with Crippen molar-refractivity contribution in [2.24, 2.45) is 5.92 Å².